The van der Waals surface area contributed by atoms with Crippen molar-refractivity contribution in [2.75, 3.05) is 0 Å². The summed E-state index contributed by atoms with van der Waals surface area (Å²) >= 11 is 0. The first-order chi connectivity index (χ1) is 9.16. The smallest absolute Gasteiger partial charge is 0.0648 e. The zero-order valence-corrected chi connectivity index (χ0v) is 11.4. The zero-order chi connectivity index (χ0) is 13.4. The van der Waals surface area contributed by atoms with E-state index in [0.29, 0.717) is 5.92 Å². The summed E-state index contributed by atoms with van der Waals surface area (Å²) in [5, 5.41) is 4.69. The first-order valence-electron chi connectivity index (χ1n) is 6.72. The highest BCUT2D eigenvalue weighted by atomic mass is 15.3. The molecule has 2 atom stereocenters. The van der Waals surface area contributed by atoms with Gasteiger partial charge in [-0.3, -0.25) is 0 Å². The van der Waals surface area contributed by atoms with E-state index in [1.54, 1.807) is 0 Å². The molecule has 0 amide bonds. The quantitative estimate of drug-likeness (QED) is 0.836. The van der Waals surface area contributed by atoms with Gasteiger partial charge in [0.05, 0.1) is 11.4 Å². The fourth-order valence-electron chi connectivity index (χ4n) is 2.95. The van der Waals surface area contributed by atoms with Gasteiger partial charge in [-0.05, 0) is 32.4 Å². The van der Waals surface area contributed by atoms with Crippen molar-refractivity contribution in [1.82, 2.24) is 9.78 Å². The van der Waals surface area contributed by atoms with Gasteiger partial charge in [-0.15, -0.1) is 0 Å². The summed E-state index contributed by atoms with van der Waals surface area (Å²) in [7, 11) is 0. The lowest BCUT2D eigenvalue weighted by atomic mass is 9.96. The van der Waals surface area contributed by atoms with Crippen molar-refractivity contribution in [3.05, 3.63) is 59.4 Å². The molecule has 98 valence electrons. The third kappa shape index (κ3) is 2.10. The Morgan fingerprint density at radius 1 is 1.16 bits per heavy atom. The molecule has 0 fully saturated rings. The minimum absolute atomic E-state index is 0.184. The fourth-order valence-corrected chi connectivity index (χ4v) is 2.95. The highest BCUT2D eigenvalue weighted by Crippen LogP contribution is 2.33. The highest BCUT2D eigenvalue weighted by Gasteiger charge is 2.24. The Bertz CT molecular complexity index is 610. The normalized spacial score (nSPS) is 22.1. The van der Waals surface area contributed by atoms with E-state index in [2.05, 4.69) is 38.1 Å². The van der Waals surface area contributed by atoms with E-state index in [0.717, 1.165) is 17.8 Å². The summed E-state index contributed by atoms with van der Waals surface area (Å²) in [4.78, 5) is 0. The maximum Gasteiger partial charge on any atom is 0.0648 e. The molecule has 1 aromatic heterocycles. The Morgan fingerprint density at radius 2 is 1.89 bits per heavy atom. The number of aryl methyl sites for hydroxylation is 1. The number of nitrogens with zero attached hydrogens (tertiary/aromatic N) is 2. The van der Waals surface area contributed by atoms with Gasteiger partial charge in [0.15, 0.2) is 0 Å². The number of aromatic nitrogens is 2. The maximum atomic E-state index is 5.97. The number of hydrogen-bond donors (Lipinski definition) is 1. The molecular formula is C16H19N3. The van der Waals surface area contributed by atoms with Crippen LogP contribution in [0.25, 0.3) is 5.69 Å². The van der Waals surface area contributed by atoms with Crippen molar-refractivity contribution in [2.45, 2.75) is 32.2 Å². The summed E-state index contributed by atoms with van der Waals surface area (Å²) in [6.45, 7) is 4.22. The van der Waals surface area contributed by atoms with Gasteiger partial charge in [0.2, 0.25) is 0 Å². The monoisotopic (exact) mass is 253 g/mol. The van der Waals surface area contributed by atoms with E-state index in [-0.39, 0.29) is 6.04 Å². The summed E-state index contributed by atoms with van der Waals surface area (Å²) in [6.07, 6.45) is 5.31. The first kappa shape index (κ1) is 12.2. The van der Waals surface area contributed by atoms with Crippen molar-refractivity contribution in [2.24, 2.45) is 5.73 Å². The van der Waals surface area contributed by atoms with Crippen LogP contribution in [-0.4, -0.2) is 15.8 Å². The Hall–Kier alpha value is -1.87. The lowest BCUT2D eigenvalue weighted by Gasteiger charge is -2.10. The van der Waals surface area contributed by atoms with Gasteiger partial charge in [-0.2, -0.15) is 5.10 Å². The fraction of sp³-hybridized carbons (Fsp3) is 0.312. The van der Waals surface area contributed by atoms with Crippen molar-refractivity contribution >= 4 is 0 Å². The number of hydrogen-bond acceptors (Lipinski definition) is 2. The van der Waals surface area contributed by atoms with Gasteiger partial charge in [-0.1, -0.05) is 30.4 Å². The molecule has 0 radical (unpaired) electrons. The molecule has 19 heavy (non-hydrogen) atoms. The van der Waals surface area contributed by atoms with Crippen molar-refractivity contribution < 1.29 is 0 Å². The Morgan fingerprint density at radius 3 is 2.53 bits per heavy atom. The molecule has 0 aliphatic heterocycles. The van der Waals surface area contributed by atoms with Crippen LogP contribution >= 0.6 is 0 Å². The number of nitrogens with two attached hydrogens (primary N) is 1. The van der Waals surface area contributed by atoms with E-state index < -0.39 is 0 Å². The summed E-state index contributed by atoms with van der Waals surface area (Å²) in [5.74, 6) is 0.410. The number of benzene rings is 1. The molecule has 3 nitrogen and oxygen atoms in total. The van der Waals surface area contributed by atoms with Crippen LogP contribution in [0.3, 0.4) is 0 Å². The van der Waals surface area contributed by atoms with Crippen LogP contribution < -0.4 is 5.73 Å². The third-order valence-electron chi connectivity index (χ3n) is 3.84. The third-order valence-corrected chi connectivity index (χ3v) is 3.84. The second-order valence-electron chi connectivity index (χ2n) is 5.22. The standard InChI is InChI=1S/C16H19N3/c1-11-16(13-8-9-14(17)10-13)12(2)19(18-11)15-6-4-3-5-7-15/h3-9,13-14H,10,17H2,1-2H3. The van der Waals surface area contributed by atoms with Crippen LogP contribution in [0.15, 0.2) is 42.5 Å². The van der Waals surface area contributed by atoms with E-state index >= 15 is 0 Å². The van der Waals surface area contributed by atoms with Crippen LogP contribution in [0.1, 0.15) is 29.3 Å². The van der Waals surface area contributed by atoms with Gasteiger partial charge in [-0.25, -0.2) is 4.68 Å². The minimum atomic E-state index is 0.184. The SMILES string of the molecule is Cc1nn(-c2ccccc2)c(C)c1C1C=CC(N)C1. The topological polar surface area (TPSA) is 43.8 Å². The zero-order valence-electron chi connectivity index (χ0n) is 11.4. The molecule has 0 bridgehead atoms. The van der Waals surface area contributed by atoms with Crippen molar-refractivity contribution in [3.8, 4) is 5.69 Å². The van der Waals surface area contributed by atoms with Crippen LogP contribution in [0.4, 0.5) is 0 Å². The van der Waals surface area contributed by atoms with Crippen LogP contribution in [0, 0.1) is 13.8 Å². The van der Waals surface area contributed by atoms with E-state index in [1.807, 2.05) is 22.9 Å². The molecular weight excluding hydrogens is 234 g/mol. The number of allylic oxidation sites excluding steroid dienone is 1. The molecule has 2 unspecified atom stereocenters. The van der Waals surface area contributed by atoms with Gasteiger partial charge in [0.1, 0.15) is 0 Å². The number of para-hydroxylation sites is 1. The Kier molecular flexibility index (Phi) is 2.99. The van der Waals surface area contributed by atoms with Gasteiger partial charge in [0.25, 0.3) is 0 Å². The predicted molar refractivity (Wildman–Crippen MR) is 77.5 cm³/mol. The number of rotatable bonds is 2. The molecule has 2 N–H and O–H groups in total. The molecule has 0 saturated carbocycles. The largest absolute Gasteiger partial charge is 0.324 e. The lowest BCUT2D eigenvalue weighted by molar-refractivity contribution is 0.704. The predicted octanol–water partition coefficient (Wildman–Crippen LogP) is 2.86. The Labute approximate surface area is 113 Å². The average Bonchev–Trinajstić information content (AvgIpc) is 2.95. The molecule has 1 heterocycles. The molecule has 1 aliphatic carbocycles. The van der Waals surface area contributed by atoms with Crippen molar-refractivity contribution in [3.63, 3.8) is 0 Å². The average molecular weight is 253 g/mol. The van der Waals surface area contributed by atoms with E-state index in [9.17, 15) is 0 Å². The van der Waals surface area contributed by atoms with E-state index in [1.165, 1.54) is 11.3 Å². The van der Waals surface area contributed by atoms with Gasteiger partial charge >= 0.3 is 0 Å². The minimum Gasteiger partial charge on any atom is -0.324 e. The van der Waals surface area contributed by atoms with Crippen LogP contribution in [0.5, 0.6) is 0 Å². The molecule has 2 aromatic rings. The Balaban J connectivity index is 2.04. The van der Waals surface area contributed by atoms with Crippen molar-refractivity contribution in [1.29, 1.82) is 0 Å². The molecule has 0 saturated heterocycles. The summed E-state index contributed by atoms with van der Waals surface area (Å²) < 4.78 is 2.03. The van der Waals surface area contributed by atoms with Gasteiger partial charge in [0, 0.05) is 23.2 Å². The molecule has 3 rings (SSSR count). The van der Waals surface area contributed by atoms with Crippen LogP contribution in [-0.2, 0) is 0 Å². The second-order valence-corrected chi connectivity index (χ2v) is 5.22. The molecule has 3 heteroatoms. The molecule has 1 aromatic carbocycles. The molecule has 1 aliphatic rings. The van der Waals surface area contributed by atoms with Gasteiger partial charge < -0.3 is 5.73 Å². The van der Waals surface area contributed by atoms with E-state index in [4.69, 9.17) is 10.8 Å². The van der Waals surface area contributed by atoms with Crippen LogP contribution in [0.2, 0.25) is 0 Å². The highest BCUT2D eigenvalue weighted by molar-refractivity contribution is 5.41. The maximum absolute atomic E-state index is 5.97. The second kappa shape index (κ2) is 4.67. The first-order valence-corrected chi connectivity index (χ1v) is 6.72. The summed E-state index contributed by atoms with van der Waals surface area (Å²) in [6, 6.07) is 10.4. The lowest BCUT2D eigenvalue weighted by Crippen LogP contribution is -2.14. The molecule has 0 spiro atoms. The summed E-state index contributed by atoms with van der Waals surface area (Å²) in [5.41, 5.74) is 10.7.